The monoisotopic (exact) mass is 484 g/mol. The maximum Gasteiger partial charge on any atom is 0.262 e. The Balaban J connectivity index is 1.93. The molecule has 0 fully saturated rings. The van der Waals surface area contributed by atoms with Crippen LogP contribution in [0.5, 0.6) is 0 Å². The summed E-state index contributed by atoms with van der Waals surface area (Å²) in [5.41, 5.74) is 1.21. The molecule has 2 aromatic carbocycles. The van der Waals surface area contributed by atoms with Crippen LogP contribution in [0.25, 0.3) is 10.9 Å². The normalized spacial score (nSPS) is 11.8. The Labute approximate surface area is 187 Å². The van der Waals surface area contributed by atoms with Crippen LogP contribution in [0, 0.1) is 11.3 Å². The van der Waals surface area contributed by atoms with E-state index in [-0.39, 0.29) is 17.9 Å². The second kappa shape index (κ2) is 9.92. The highest BCUT2D eigenvalue weighted by Gasteiger charge is 2.25. The number of benzene rings is 2. The van der Waals surface area contributed by atoms with Crippen LogP contribution in [0.15, 0.2) is 63.0 Å². The lowest BCUT2D eigenvalue weighted by Gasteiger charge is -2.25. The van der Waals surface area contributed by atoms with Crippen molar-refractivity contribution in [3.63, 3.8) is 0 Å². The summed E-state index contributed by atoms with van der Waals surface area (Å²) in [7, 11) is 0. The molecule has 30 heavy (non-hydrogen) atoms. The van der Waals surface area contributed by atoms with E-state index < -0.39 is 5.25 Å². The first-order chi connectivity index (χ1) is 14.5. The molecule has 0 N–H and O–H groups in total. The fourth-order valence-electron chi connectivity index (χ4n) is 3.11. The lowest BCUT2D eigenvalue weighted by molar-refractivity contribution is -0.117. The molecule has 1 unspecified atom stereocenters. The summed E-state index contributed by atoms with van der Waals surface area (Å²) in [6.45, 7) is 4.44. The van der Waals surface area contributed by atoms with Crippen LogP contribution in [0.4, 0.5) is 5.69 Å². The van der Waals surface area contributed by atoms with Gasteiger partial charge in [-0.05, 0) is 44.2 Å². The number of rotatable bonds is 7. The van der Waals surface area contributed by atoms with E-state index in [0.717, 1.165) is 10.2 Å². The van der Waals surface area contributed by atoms with Crippen LogP contribution in [-0.4, -0.2) is 27.3 Å². The van der Waals surface area contributed by atoms with Gasteiger partial charge in [0.25, 0.3) is 5.56 Å². The van der Waals surface area contributed by atoms with Gasteiger partial charge in [0, 0.05) is 23.2 Å². The Kier molecular flexibility index (Phi) is 7.29. The van der Waals surface area contributed by atoms with Gasteiger partial charge in [0.2, 0.25) is 5.91 Å². The van der Waals surface area contributed by atoms with Crippen LogP contribution < -0.4 is 10.5 Å². The Hall–Kier alpha value is -2.63. The van der Waals surface area contributed by atoms with Crippen LogP contribution in [-0.2, 0) is 11.3 Å². The van der Waals surface area contributed by atoms with Gasteiger partial charge in [0.1, 0.15) is 0 Å². The number of aromatic nitrogens is 2. The summed E-state index contributed by atoms with van der Waals surface area (Å²) in [4.78, 5) is 32.4. The van der Waals surface area contributed by atoms with Gasteiger partial charge >= 0.3 is 0 Å². The predicted octanol–water partition coefficient (Wildman–Crippen LogP) is 4.61. The standard InChI is InChI=1S/C22H21BrN4O2S/c1-3-26-21(29)18-14-16(23)10-11-19(18)25-22(26)30-15(2)20(28)27(13-7-12-24)17-8-5-4-6-9-17/h4-6,8-11,14-15H,3,7,13H2,1-2H3. The summed E-state index contributed by atoms with van der Waals surface area (Å²) in [5.74, 6) is -0.130. The number of anilines is 1. The van der Waals surface area contributed by atoms with Crippen LogP contribution >= 0.6 is 27.7 Å². The van der Waals surface area contributed by atoms with Crippen molar-refractivity contribution in [2.24, 2.45) is 0 Å². The lowest BCUT2D eigenvalue weighted by Crippen LogP contribution is -2.37. The number of para-hydroxylation sites is 1. The van der Waals surface area contributed by atoms with E-state index >= 15 is 0 Å². The van der Waals surface area contributed by atoms with Crippen molar-refractivity contribution in [1.29, 1.82) is 5.26 Å². The minimum absolute atomic E-state index is 0.129. The minimum Gasteiger partial charge on any atom is -0.310 e. The highest BCUT2D eigenvalue weighted by atomic mass is 79.9. The lowest BCUT2D eigenvalue weighted by atomic mass is 10.2. The number of nitriles is 1. The molecule has 0 aliphatic carbocycles. The van der Waals surface area contributed by atoms with Gasteiger partial charge in [-0.3, -0.25) is 14.2 Å². The maximum atomic E-state index is 13.2. The summed E-state index contributed by atoms with van der Waals surface area (Å²) < 4.78 is 2.40. The topological polar surface area (TPSA) is 79.0 Å². The van der Waals surface area contributed by atoms with E-state index in [1.54, 1.807) is 28.5 Å². The van der Waals surface area contributed by atoms with Gasteiger partial charge in [-0.15, -0.1) is 0 Å². The van der Waals surface area contributed by atoms with E-state index in [4.69, 9.17) is 5.26 Å². The van der Waals surface area contributed by atoms with E-state index in [0.29, 0.717) is 29.1 Å². The molecule has 0 saturated carbocycles. The minimum atomic E-state index is -0.485. The first-order valence-corrected chi connectivity index (χ1v) is 11.2. The van der Waals surface area contributed by atoms with Crippen molar-refractivity contribution in [3.8, 4) is 6.07 Å². The molecule has 154 valence electrons. The molecular formula is C22H21BrN4O2S. The van der Waals surface area contributed by atoms with E-state index in [1.165, 1.54) is 11.8 Å². The Bertz CT molecular complexity index is 1160. The number of nitrogens with zero attached hydrogens (tertiary/aromatic N) is 4. The largest absolute Gasteiger partial charge is 0.310 e. The highest BCUT2D eigenvalue weighted by Crippen LogP contribution is 2.26. The number of halogens is 1. The van der Waals surface area contributed by atoms with Crippen LogP contribution in [0.3, 0.4) is 0 Å². The quantitative estimate of drug-likeness (QED) is 0.361. The second-order valence-electron chi connectivity index (χ2n) is 6.60. The molecule has 1 aromatic heterocycles. The molecular weight excluding hydrogens is 464 g/mol. The SMILES string of the molecule is CCn1c(SC(C)C(=O)N(CCC#N)c2ccccc2)nc2ccc(Br)cc2c1=O. The van der Waals surface area contributed by atoms with Gasteiger partial charge < -0.3 is 4.90 Å². The average Bonchev–Trinajstić information content (AvgIpc) is 2.75. The number of hydrogen-bond acceptors (Lipinski definition) is 5. The predicted molar refractivity (Wildman–Crippen MR) is 124 cm³/mol. The third-order valence-electron chi connectivity index (χ3n) is 4.61. The third-order valence-corrected chi connectivity index (χ3v) is 6.18. The maximum absolute atomic E-state index is 13.2. The molecule has 6 nitrogen and oxygen atoms in total. The molecule has 1 heterocycles. The van der Waals surface area contributed by atoms with E-state index in [1.807, 2.05) is 43.3 Å². The van der Waals surface area contributed by atoms with E-state index in [2.05, 4.69) is 27.0 Å². The van der Waals surface area contributed by atoms with Crippen molar-refractivity contribution >= 4 is 50.2 Å². The zero-order valence-corrected chi connectivity index (χ0v) is 19.1. The Morgan fingerprint density at radius 3 is 2.70 bits per heavy atom. The molecule has 0 saturated heterocycles. The first-order valence-electron chi connectivity index (χ1n) is 9.56. The summed E-state index contributed by atoms with van der Waals surface area (Å²) >= 11 is 4.65. The average molecular weight is 485 g/mol. The summed E-state index contributed by atoms with van der Waals surface area (Å²) in [6.07, 6.45) is 0.237. The summed E-state index contributed by atoms with van der Waals surface area (Å²) in [6, 6.07) is 16.8. The molecule has 3 aromatic rings. The smallest absolute Gasteiger partial charge is 0.262 e. The van der Waals surface area contributed by atoms with Gasteiger partial charge in [-0.2, -0.15) is 5.26 Å². The van der Waals surface area contributed by atoms with Crippen LogP contribution in [0.1, 0.15) is 20.3 Å². The van der Waals surface area contributed by atoms with Gasteiger partial charge in [-0.25, -0.2) is 4.98 Å². The number of fused-ring (bicyclic) bond motifs is 1. The van der Waals surface area contributed by atoms with Crippen LogP contribution in [0.2, 0.25) is 0 Å². The fraction of sp³-hybridized carbons (Fsp3) is 0.273. The molecule has 1 amide bonds. The number of thioether (sulfide) groups is 1. The van der Waals surface area contributed by atoms with Crippen molar-refractivity contribution in [3.05, 3.63) is 63.4 Å². The van der Waals surface area contributed by atoms with Gasteiger partial charge in [-0.1, -0.05) is 45.9 Å². The number of hydrogen-bond donors (Lipinski definition) is 0. The highest BCUT2D eigenvalue weighted by molar-refractivity contribution is 9.10. The zero-order valence-electron chi connectivity index (χ0n) is 16.7. The molecule has 0 spiro atoms. The number of carbonyl (C=O) groups excluding carboxylic acids is 1. The summed E-state index contributed by atoms with van der Waals surface area (Å²) in [5, 5.41) is 9.55. The van der Waals surface area contributed by atoms with Crippen molar-refractivity contribution < 1.29 is 4.79 Å². The molecule has 0 aliphatic rings. The molecule has 0 radical (unpaired) electrons. The molecule has 0 aliphatic heterocycles. The number of carbonyl (C=O) groups is 1. The van der Waals surface area contributed by atoms with Gasteiger partial charge in [0.15, 0.2) is 5.16 Å². The molecule has 1 atom stereocenters. The van der Waals surface area contributed by atoms with Gasteiger partial charge in [0.05, 0.1) is 28.6 Å². The number of amides is 1. The molecule has 0 bridgehead atoms. The Morgan fingerprint density at radius 1 is 1.30 bits per heavy atom. The fourth-order valence-corrected chi connectivity index (χ4v) is 4.50. The second-order valence-corrected chi connectivity index (χ2v) is 8.82. The Morgan fingerprint density at radius 2 is 2.03 bits per heavy atom. The first kappa shape index (κ1) is 22.1. The molecule has 8 heteroatoms. The molecule has 3 rings (SSSR count). The van der Waals surface area contributed by atoms with E-state index in [9.17, 15) is 9.59 Å². The third kappa shape index (κ3) is 4.74. The van der Waals surface area contributed by atoms with Crippen molar-refractivity contribution in [2.75, 3.05) is 11.4 Å². The van der Waals surface area contributed by atoms with Crippen molar-refractivity contribution in [1.82, 2.24) is 9.55 Å². The zero-order chi connectivity index (χ0) is 21.7. The van der Waals surface area contributed by atoms with Crippen molar-refractivity contribution in [2.45, 2.75) is 37.2 Å².